The molecular weight excluding hydrogens is 332 g/mol. The van der Waals surface area contributed by atoms with Crippen molar-refractivity contribution in [2.75, 3.05) is 5.32 Å². The molecule has 0 aliphatic heterocycles. The molecule has 0 bridgehead atoms. The lowest BCUT2D eigenvalue weighted by Crippen LogP contribution is -2.14. The maximum absolute atomic E-state index is 12.2. The van der Waals surface area contributed by atoms with Gasteiger partial charge in [0.25, 0.3) is 5.91 Å². The first kappa shape index (κ1) is 17.2. The Balaban J connectivity index is 1.68. The zero-order valence-electron chi connectivity index (χ0n) is 14.3. The second-order valence-corrected chi connectivity index (χ2v) is 6.64. The van der Waals surface area contributed by atoms with Crippen molar-refractivity contribution in [3.8, 4) is 11.3 Å². The maximum Gasteiger partial charge on any atom is 0.276 e. The minimum Gasteiger partial charge on any atom is -0.296 e. The molecule has 1 amide bonds. The smallest absolute Gasteiger partial charge is 0.276 e. The van der Waals surface area contributed by atoms with Crippen LogP contribution in [0.4, 0.5) is 5.13 Å². The van der Waals surface area contributed by atoms with E-state index in [9.17, 15) is 4.79 Å². The number of anilines is 1. The van der Waals surface area contributed by atoms with Crippen LogP contribution in [0.5, 0.6) is 0 Å². The number of unbranched alkanes of at least 4 members (excludes halogenated alkanes) is 1. The Morgan fingerprint density at radius 2 is 1.96 bits per heavy atom. The van der Waals surface area contributed by atoms with Crippen molar-refractivity contribution in [2.45, 2.75) is 33.1 Å². The number of carbonyl (C=O) groups is 1. The van der Waals surface area contributed by atoms with Crippen LogP contribution in [-0.4, -0.2) is 20.9 Å². The van der Waals surface area contributed by atoms with Crippen LogP contribution in [0.2, 0.25) is 0 Å². The third-order valence-electron chi connectivity index (χ3n) is 3.80. The van der Waals surface area contributed by atoms with Gasteiger partial charge in [0.05, 0.1) is 5.69 Å². The van der Waals surface area contributed by atoms with E-state index < -0.39 is 0 Å². The zero-order chi connectivity index (χ0) is 17.6. The Morgan fingerprint density at radius 3 is 2.68 bits per heavy atom. The largest absolute Gasteiger partial charge is 0.296 e. The van der Waals surface area contributed by atoms with Crippen LogP contribution in [0.1, 0.15) is 41.6 Å². The van der Waals surface area contributed by atoms with Gasteiger partial charge in [-0.15, -0.1) is 11.3 Å². The summed E-state index contributed by atoms with van der Waals surface area (Å²) >= 11 is 1.40. The fraction of sp³-hybridized carbons (Fsp3) is 0.263. The van der Waals surface area contributed by atoms with E-state index in [1.54, 1.807) is 19.2 Å². The monoisotopic (exact) mass is 352 g/mol. The first-order chi connectivity index (χ1) is 12.2. The molecule has 3 aromatic rings. The van der Waals surface area contributed by atoms with Gasteiger partial charge < -0.3 is 0 Å². The number of nitrogens with zero attached hydrogens (tertiary/aromatic N) is 3. The highest BCUT2D eigenvalue weighted by Crippen LogP contribution is 2.25. The van der Waals surface area contributed by atoms with Gasteiger partial charge in [-0.25, -0.2) is 15.0 Å². The van der Waals surface area contributed by atoms with Gasteiger partial charge in [-0.3, -0.25) is 10.1 Å². The van der Waals surface area contributed by atoms with Gasteiger partial charge in [0.1, 0.15) is 11.5 Å². The van der Waals surface area contributed by atoms with Crippen molar-refractivity contribution in [1.82, 2.24) is 15.0 Å². The molecule has 5 nitrogen and oxygen atoms in total. The minimum atomic E-state index is -0.277. The highest BCUT2D eigenvalue weighted by Gasteiger charge is 2.11. The van der Waals surface area contributed by atoms with Gasteiger partial charge >= 0.3 is 0 Å². The molecule has 2 aromatic heterocycles. The molecule has 2 heterocycles. The van der Waals surface area contributed by atoms with Crippen LogP contribution in [0, 0.1) is 6.92 Å². The maximum atomic E-state index is 12.2. The van der Waals surface area contributed by atoms with Crippen LogP contribution in [0.25, 0.3) is 11.3 Å². The van der Waals surface area contributed by atoms with Crippen LogP contribution in [0.3, 0.4) is 0 Å². The second-order valence-electron chi connectivity index (χ2n) is 5.78. The average Bonchev–Trinajstić information content (AvgIpc) is 3.09. The van der Waals surface area contributed by atoms with E-state index in [4.69, 9.17) is 0 Å². The highest BCUT2D eigenvalue weighted by molar-refractivity contribution is 7.14. The molecule has 6 heteroatoms. The third-order valence-corrected chi connectivity index (χ3v) is 4.56. The Bertz CT molecular complexity index is 858. The molecule has 128 valence electrons. The number of hydrogen-bond acceptors (Lipinski definition) is 5. The number of amides is 1. The average molecular weight is 352 g/mol. The van der Waals surface area contributed by atoms with E-state index in [1.165, 1.54) is 29.7 Å². The highest BCUT2D eigenvalue weighted by atomic mass is 32.1. The first-order valence-electron chi connectivity index (χ1n) is 8.31. The summed E-state index contributed by atoms with van der Waals surface area (Å²) in [7, 11) is 0. The van der Waals surface area contributed by atoms with Crippen LogP contribution in [-0.2, 0) is 6.42 Å². The summed E-state index contributed by atoms with van der Waals surface area (Å²) in [6, 6.07) is 10.0. The van der Waals surface area contributed by atoms with E-state index in [0.29, 0.717) is 16.6 Å². The topological polar surface area (TPSA) is 67.8 Å². The van der Waals surface area contributed by atoms with Gasteiger partial charge in [0.15, 0.2) is 5.13 Å². The van der Waals surface area contributed by atoms with Gasteiger partial charge in [0, 0.05) is 17.1 Å². The lowest BCUT2D eigenvalue weighted by Gasteiger charge is -2.02. The summed E-state index contributed by atoms with van der Waals surface area (Å²) in [6.07, 6.45) is 5.08. The molecule has 0 fully saturated rings. The SMILES string of the molecule is CCCCc1ccc(-c2csc(NC(=O)c3ccnc(C)n3)n2)cc1. The Morgan fingerprint density at radius 1 is 1.16 bits per heavy atom. The number of thiazole rings is 1. The predicted molar refractivity (Wildman–Crippen MR) is 101 cm³/mol. The summed E-state index contributed by atoms with van der Waals surface area (Å²) in [5.41, 5.74) is 3.59. The van der Waals surface area contributed by atoms with Gasteiger partial charge in [0.2, 0.25) is 0 Å². The number of hydrogen-bond donors (Lipinski definition) is 1. The van der Waals surface area contributed by atoms with Crippen molar-refractivity contribution in [3.63, 3.8) is 0 Å². The molecule has 0 aliphatic carbocycles. The number of rotatable bonds is 6. The summed E-state index contributed by atoms with van der Waals surface area (Å²) < 4.78 is 0. The molecule has 0 saturated heterocycles. The lowest BCUT2D eigenvalue weighted by atomic mass is 10.1. The lowest BCUT2D eigenvalue weighted by molar-refractivity contribution is 0.102. The van der Waals surface area contributed by atoms with Crippen molar-refractivity contribution in [2.24, 2.45) is 0 Å². The second kappa shape index (κ2) is 7.98. The van der Waals surface area contributed by atoms with E-state index in [-0.39, 0.29) is 5.91 Å². The quantitative estimate of drug-likeness (QED) is 0.709. The number of benzene rings is 1. The van der Waals surface area contributed by atoms with Crippen molar-refractivity contribution < 1.29 is 4.79 Å². The molecule has 3 rings (SSSR count). The Hall–Kier alpha value is -2.60. The normalized spacial score (nSPS) is 10.6. The van der Waals surface area contributed by atoms with Gasteiger partial charge in [-0.1, -0.05) is 37.6 Å². The molecule has 0 unspecified atom stereocenters. The van der Waals surface area contributed by atoms with E-state index in [2.05, 4.69) is 51.5 Å². The molecule has 0 atom stereocenters. The molecule has 0 saturated carbocycles. The van der Waals surface area contributed by atoms with Crippen LogP contribution < -0.4 is 5.32 Å². The summed E-state index contributed by atoms with van der Waals surface area (Å²) in [4.78, 5) is 24.8. The summed E-state index contributed by atoms with van der Waals surface area (Å²) in [6.45, 7) is 3.95. The Labute approximate surface area is 151 Å². The number of aromatic nitrogens is 3. The molecule has 0 radical (unpaired) electrons. The molecule has 1 aromatic carbocycles. The number of carbonyl (C=O) groups excluding carboxylic acids is 1. The van der Waals surface area contributed by atoms with E-state index >= 15 is 0 Å². The molecule has 0 spiro atoms. The first-order valence-corrected chi connectivity index (χ1v) is 9.19. The van der Waals surface area contributed by atoms with Crippen LogP contribution >= 0.6 is 11.3 Å². The Kier molecular flexibility index (Phi) is 5.50. The van der Waals surface area contributed by atoms with Gasteiger partial charge in [-0.2, -0.15) is 0 Å². The zero-order valence-corrected chi connectivity index (χ0v) is 15.1. The van der Waals surface area contributed by atoms with Crippen molar-refractivity contribution in [3.05, 3.63) is 59.0 Å². The van der Waals surface area contributed by atoms with E-state index in [1.807, 2.05) is 5.38 Å². The standard InChI is InChI=1S/C19H20N4OS/c1-3-4-5-14-6-8-15(9-7-14)17-12-25-19(22-17)23-18(24)16-10-11-20-13(2)21-16/h6-12H,3-5H2,1-2H3,(H,22,23,24). The molecule has 1 N–H and O–H groups in total. The van der Waals surface area contributed by atoms with Crippen LogP contribution in [0.15, 0.2) is 41.9 Å². The summed E-state index contributed by atoms with van der Waals surface area (Å²) in [5.74, 6) is 0.289. The fourth-order valence-corrected chi connectivity index (χ4v) is 3.15. The molecule has 0 aliphatic rings. The molecule has 25 heavy (non-hydrogen) atoms. The summed E-state index contributed by atoms with van der Waals surface area (Å²) in [5, 5.41) is 5.30. The number of aryl methyl sites for hydroxylation is 2. The minimum absolute atomic E-state index is 0.277. The predicted octanol–water partition coefficient (Wildman–Crippen LogP) is 4.50. The molecular formula is C19H20N4OS. The number of nitrogens with one attached hydrogen (secondary N) is 1. The van der Waals surface area contributed by atoms with Crippen molar-refractivity contribution >= 4 is 22.4 Å². The van der Waals surface area contributed by atoms with E-state index in [0.717, 1.165) is 17.7 Å². The fourth-order valence-electron chi connectivity index (χ4n) is 2.43. The van der Waals surface area contributed by atoms with Crippen molar-refractivity contribution in [1.29, 1.82) is 0 Å². The van der Waals surface area contributed by atoms with Gasteiger partial charge in [-0.05, 0) is 31.4 Å². The third kappa shape index (κ3) is 4.48.